The van der Waals surface area contributed by atoms with Crippen LogP contribution in [0.25, 0.3) is 21.9 Å². The van der Waals surface area contributed by atoms with E-state index in [2.05, 4.69) is 60.8 Å². The van der Waals surface area contributed by atoms with E-state index in [1.807, 2.05) is 25.1 Å². The molecule has 0 spiro atoms. The summed E-state index contributed by atoms with van der Waals surface area (Å²) in [4.78, 5) is 16.8. The Balaban J connectivity index is 0.00000289. The molecule has 4 nitrogen and oxygen atoms in total. The van der Waals surface area contributed by atoms with E-state index in [0.29, 0.717) is 12.1 Å². The van der Waals surface area contributed by atoms with Crippen molar-refractivity contribution in [2.75, 3.05) is 0 Å². The van der Waals surface area contributed by atoms with E-state index >= 15 is 0 Å². The molecule has 180 valence electrons. The Hall–Kier alpha value is -3.21. The molecule has 1 aliphatic rings. The Bertz CT molecular complexity index is 1380. The number of aromatic nitrogens is 1. The van der Waals surface area contributed by atoms with E-state index in [0.717, 1.165) is 53.8 Å². The van der Waals surface area contributed by atoms with Crippen LogP contribution >= 0.6 is 12.4 Å². The molecular weight excluding hydrogens is 456 g/mol. The van der Waals surface area contributed by atoms with Gasteiger partial charge < -0.3 is 10.4 Å². The average molecular weight is 487 g/mol. The highest BCUT2D eigenvalue weighted by Crippen LogP contribution is 2.33. The Morgan fingerprint density at radius 2 is 1.80 bits per heavy atom. The number of carboxylic acids is 1. The van der Waals surface area contributed by atoms with Crippen LogP contribution in [0.4, 0.5) is 0 Å². The zero-order valence-electron chi connectivity index (χ0n) is 20.2. The number of fused-ring (bicyclic) bond motifs is 2. The first-order chi connectivity index (χ1) is 16.5. The molecule has 1 heterocycles. The number of carboxylic acid groups (broad SMARTS) is 1. The molecule has 0 amide bonds. The number of pyridine rings is 1. The van der Waals surface area contributed by atoms with E-state index in [-0.39, 0.29) is 18.4 Å². The van der Waals surface area contributed by atoms with Crippen LogP contribution in [0.1, 0.15) is 64.2 Å². The topological polar surface area (TPSA) is 62.2 Å². The van der Waals surface area contributed by atoms with Gasteiger partial charge in [0.2, 0.25) is 0 Å². The number of carbonyl (C=O) groups is 1. The third kappa shape index (κ3) is 5.09. The fourth-order valence-electron chi connectivity index (χ4n) is 5.13. The molecule has 1 atom stereocenters. The molecule has 0 fully saturated rings. The van der Waals surface area contributed by atoms with Gasteiger partial charge in [-0.3, -0.25) is 4.98 Å². The summed E-state index contributed by atoms with van der Waals surface area (Å²) in [5, 5.41) is 15.8. The van der Waals surface area contributed by atoms with Crippen molar-refractivity contribution in [3.05, 3.63) is 100 Å². The number of rotatable bonds is 6. The first-order valence-corrected chi connectivity index (χ1v) is 12.1. The molecule has 3 aromatic carbocycles. The second-order valence-electron chi connectivity index (χ2n) is 9.30. The number of nitrogens with zero attached hydrogens (tertiary/aromatic N) is 1. The number of benzene rings is 3. The molecule has 5 heteroatoms. The maximum Gasteiger partial charge on any atom is 0.335 e. The molecule has 2 N–H and O–H groups in total. The lowest BCUT2D eigenvalue weighted by atomic mass is 9.88. The fourth-order valence-corrected chi connectivity index (χ4v) is 5.13. The number of halogens is 1. The highest BCUT2D eigenvalue weighted by molar-refractivity contribution is 5.91. The van der Waals surface area contributed by atoms with Crippen molar-refractivity contribution in [2.45, 2.75) is 52.1 Å². The quantitative estimate of drug-likeness (QED) is 0.306. The summed E-state index contributed by atoms with van der Waals surface area (Å²) in [6.45, 7) is 4.70. The van der Waals surface area contributed by atoms with Crippen molar-refractivity contribution in [2.24, 2.45) is 0 Å². The molecular formula is C30H31ClN2O2. The van der Waals surface area contributed by atoms with E-state index in [9.17, 15) is 9.90 Å². The van der Waals surface area contributed by atoms with E-state index in [1.165, 1.54) is 21.9 Å². The zero-order valence-corrected chi connectivity index (χ0v) is 21.0. The van der Waals surface area contributed by atoms with Gasteiger partial charge in [0.25, 0.3) is 0 Å². The van der Waals surface area contributed by atoms with Crippen molar-refractivity contribution in [1.29, 1.82) is 0 Å². The Kier molecular flexibility index (Phi) is 7.54. The molecule has 1 unspecified atom stereocenters. The van der Waals surface area contributed by atoms with Gasteiger partial charge in [-0.1, -0.05) is 54.6 Å². The summed E-state index contributed by atoms with van der Waals surface area (Å²) in [5.74, 6) is -0.881. The zero-order chi connectivity index (χ0) is 23.7. The van der Waals surface area contributed by atoms with Crippen LogP contribution < -0.4 is 5.32 Å². The maximum atomic E-state index is 11.7. The summed E-state index contributed by atoms with van der Waals surface area (Å²) in [6.07, 6.45) is 4.27. The number of hydrogen-bond donors (Lipinski definition) is 2. The monoisotopic (exact) mass is 486 g/mol. The molecule has 35 heavy (non-hydrogen) atoms. The van der Waals surface area contributed by atoms with Gasteiger partial charge in [0.15, 0.2) is 0 Å². The molecule has 0 aliphatic heterocycles. The van der Waals surface area contributed by atoms with Gasteiger partial charge in [0.05, 0.1) is 11.3 Å². The van der Waals surface area contributed by atoms with Crippen LogP contribution in [0.3, 0.4) is 0 Å². The normalized spacial score (nSPS) is 13.7. The fraction of sp³-hybridized carbons (Fsp3) is 0.267. The standard InChI is InChI=1S/C30H30N2O2.ClH/c1-19-14-15-22(16-27(19)30(33)34)28-17-23(32-29-13-6-5-11-26(28)29)18-31-20(2)24-12-7-9-21-8-3-4-10-25(21)24;/h3-4,7-10,12,14-17,20,31H,5-6,11,13,18H2,1-2H3,(H,33,34);1H. The van der Waals surface area contributed by atoms with Crippen LogP contribution in [0.15, 0.2) is 66.7 Å². The van der Waals surface area contributed by atoms with Crippen LogP contribution in [0, 0.1) is 6.92 Å². The second kappa shape index (κ2) is 10.6. The van der Waals surface area contributed by atoms with Crippen LogP contribution in [-0.4, -0.2) is 16.1 Å². The minimum absolute atomic E-state index is 0. The first kappa shape index (κ1) is 24.9. The smallest absolute Gasteiger partial charge is 0.335 e. The Morgan fingerprint density at radius 1 is 1.03 bits per heavy atom. The van der Waals surface area contributed by atoms with Crippen molar-refractivity contribution in [3.63, 3.8) is 0 Å². The number of aromatic carboxylic acids is 1. The number of aryl methyl sites for hydroxylation is 2. The highest BCUT2D eigenvalue weighted by atomic mass is 35.5. The van der Waals surface area contributed by atoms with Crippen molar-refractivity contribution in [3.8, 4) is 11.1 Å². The second-order valence-corrected chi connectivity index (χ2v) is 9.30. The Labute approximate surface area is 212 Å². The van der Waals surface area contributed by atoms with Crippen LogP contribution in [0.5, 0.6) is 0 Å². The summed E-state index contributed by atoms with van der Waals surface area (Å²) in [6, 6.07) is 23.0. The summed E-state index contributed by atoms with van der Waals surface area (Å²) in [7, 11) is 0. The third-order valence-electron chi connectivity index (χ3n) is 7.01. The molecule has 5 rings (SSSR count). The predicted molar refractivity (Wildman–Crippen MR) is 144 cm³/mol. The molecule has 0 radical (unpaired) electrons. The van der Waals surface area contributed by atoms with Crippen LogP contribution in [-0.2, 0) is 19.4 Å². The third-order valence-corrected chi connectivity index (χ3v) is 7.01. The summed E-state index contributed by atoms with van der Waals surface area (Å²) >= 11 is 0. The lowest BCUT2D eigenvalue weighted by Crippen LogP contribution is -2.20. The summed E-state index contributed by atoms with van der Waals surface area (Å²) in [5.41, 5.74) is 7.95. The van der Waals surface area contributed by atoms with Crippen LogP contribution in [0.2, 0.25) is 0 Å². The van der Waals surface area contributed by atoms with Gasteiger partial charge in [0, 0.05) is 18.3 Å². The predicted octanol–water partition coefficient (Wildman–Crippen LogP) is 7.06. The summed E-state index contributed by atoms with van der Waals surface area (Å²) < 4.78 is 0. The Morgan fingerprint density at radius 3 is 2.63 bits per heavy atom. The van der Waals surface area contributed by atoms with Gasteiger partial charge in [-0.2, -0.15) is 0 Å². The average Bonchev–Trinajstić information content (AvgIpc) is 2.86. The highest BCUT2D eigenvalue weighted by Gasteiger charge is 2.19. The molecule has 0 saturated carbocycles. The molecule has 0 saturated heterocycles. The number of hydrogen-bond acceptors (Lipinski definition) is 3. The first-order valence-electron chi connectivity index (χ1n) is 12.1. The van der Waals surface area contributed by atoms with E-state index in [1.54, 1.807) is 0 Å². The van der Waals surface area contributed by atoms with Gasteiger partial charge >= 0.3 is 5.97 Å². The number of nitrogens with one attached hydrogen (secondary N) is 1. The SMILES string of the molecule is Cc1ccc(-c2cc(CNC(C)c3cccc4ccccc34)nc3c2CCCC3)cc1C(=O)O.Cl. The molecule has 1 aromatic heterocycles. The van der Waals surface area contributed by atoms with Gasteiger partial charge in [-0.05, 0) is 90.3 Å². The molecule has 4 aromatic rings. The maximum absolute atomic E-state index is 11.7. The van der Waals surface area contributed by atoms with Gasteiger partial charge in [-0.15, -0.1) is 12.4 Å². The van der Waals surface area contributed by atoms with Crippen molar-refractivity contribution < 1.29 is 9.90 Å². The van der Waals surface area contributed by atoms with Crippen molar-refractivity contribution in [1.82, 2.24) is 10.3 Å². The van der Waals surface area contributed by atoms with Crippen molar-refractivity contribution >= 4 is 29.1 Å². The minimum Gasteiger partial charge on any atom is -0.478 e. The lowest BCUT2D eigenvalue weighted by molar-refractivity contribution is 0.0696. The van der Waals surface area contributed by atoms with E-state index < -0.39 is 5.97 Å². The van der Waals surface area contributed by atoms with Gasteiger partial charge in [-0.25, -0.2) is 4.79 Å². The van der Waals surface area contributed by atoms with E-state index in [4.69, 9.17) is 4.98 Å². The van der Waals surface area contributed by atoms with Gasteiger partial charge in [0.1, 0.15) is 0 Å². The molecule has 0 bridgehead atoms. The largest absolute Gasteiger partial charge is 0.478 e. The molecule has 1 aliphatic carbocycles. The lowest BCUT2D eigenvalue weighted by Gasteiger charge is -2.22. The minimum atomic E-state index is -0.881.